The maximum Gasteiger partial charge on any atom is 0.349 e. The minimum absolute atomic E-state index is 0.124. The minimum atomic E-state index is -0.717. The highest BCUT2D eigenvalue weighted by molar-refractivity contribution is 7.12. The molecule has 7 nitrogen and oxygen atoms in total. The van der Waals surface area contributed by atoms with Gasteiger partial charge >= 0.3 is 5.69 Å². The van der Waals surface area contributed by atoms with Crippen molar-refractivity contribution < 1.29 is 4.79 Å². The Labute approximate surface area is 202 Å². The Morgan fingerprint density at radius 3 is 2.39 bits per heavy atom. The second kappa shape index (κ2) is 9.05. The van der Waals surface area contributed by atoms with Crippen LogP contribution in [0.3, 0.4) is 0 Å². The second-order valence-electron chi connectivity index (χ2n) is 7.74. The summed E-state index contributed by atoms with van der Waals surface area (Å²) in [4.78, 5) is 42.4. The Balaban J connectivity index is 1.83. The van der Waals surface area contributed by atoms with Crippen molar-refractivity contribution in [1.29, 1.82) is 0 Å². The third kappa shape index (κ3) is 4.42. The summed E-state index contributed by atoms with van der Waals surface area (Å²) in [5.41, 5.74) is 0.521. The summed E-state index contributed by atoms with van der Waals surface area (Å²) in [6.45, 7) is 3.87. The third-order valence-electron chi connectivity index (χ3n) is 5.12. The van der Waals surface area contributed by atoms with E-state index in [0.717, 1.165) is 32.0 Å². The zero-order valence-corrected chi connectivity index (χ0v) is 19.9. The van der Waals surface area contributed by atoms with E-state index in [9.17, 15) is 14.4 Å². The number of hydrogen-bond donors (Lipinski definition) is 1. The maximum absolute atomic E-state index is 12.1. The number of benzene rings is 2. The summed E-state index contributed by atoms with van der Waals surface area (Å²) < 4.78 is 1.00. The summed E-state index contributed by atoms with van der Waals surface area (Å²) in [6.07, 6.45) is 3.08. The van der Waals surface area contributed by atoms with Gasteiger partial charge in [0.25, 0.3) is 5.56 Å². The quantitative estimate of drug-likeness (QED) is 0.425. The number of nitrogens with one attached hydrogen (secondary N) is 1. The molecular formula is C23H17Cl2N4O3S. The van der Waals surface area contributed by atoms with Gasteiger partial charge in [-0.3, -0.25) is 14.6 Å². The molecule has 2 aromatic heterocycles. The molecule has 4 aromatic rings. The molecule has 0 aliphatic heterocycles. The van der Waals surface area contributed by atoms with Crippen LogP contribution in [0, 0.1) is 0 Å². The van der Waals surface area contributed by atoms with E-state index in [2.05, 4.69) is 10.1 Å². The number of carbonyl (C=O) groups excluding carboxylic acids is 1. The van der Waals surface area contributed by atoms with E-state index in [0.29, 0.717) is 21.3 Å². The third-order valence-corrected chi connectivity index (χ3v) is 7.10. The molecule has 0 aliphatic rings. The van der Waals surface area contributed by atoms with E-state index >= 15 is 0 Å². The Morgan fingerprint density at radius 2 is 1.79 bits per heavy atom. The Morgan fingerprint density at radius 1 is 1.12 bits per heavy atom. The lowest BCUT2D eigenvalue weighted by atomic mass is 9.85. The van der Waals surface area contributed by atoms with Gasteiger partial charge in [-0.1, -0.05) is 53.5 Å². The number of aromatic nitrogens is 4. The molecule has 0 bridgehead atoms. The van der Waals surface area contributed by atoms with Gasteiger partial charge in [0.2, 0.25) is 6.29 Å². The van der Waals surface area contributed by atoms with Crippen LogP contribution in [0.2, 0.25) is 10.0 Å². The number of rotatable bonds is 6. The largest absolute Gasteiger partial charge is 0.349 e. The highest BCUT2D eigenvalue weighted by atomic mass is 35.5. The maximum atomic E-state index is 12.1. The lowest BCUT2D eigenvalue weighted by molar-refractivity contribution is 0.555. The van der Waals surface area contributed by atoms with E-state index in [1.165, 1.54) is 11.3 Å². The van der Waals surface area contributed by atoms with Crippen molar-refractivity contribution in [3.63, 3.8) is 0 Å². The highest BCUT2D eigenvalue weighted by Crippen LogP contribution is 2.44. The standard InChI is InChI=1S/C23H17Cl2N4O3S/c1-23(2,21-28-20(17(33-21)8-9-30)13-6-4-3-5-7-13)19-15(24)10-14(11-16(19)25)29-22(32)27-18(31)12-26-29/h3-7,10-12H,8H2,1-2H3,(H,27,31,32). The summed E-state index contributed by atoms with van der Waals surface area (Å²) >= 11 is 14.7. The van der Waals surface area contributed by atoms with Crippen molar-refractivity contribution >= 4 is 40.8 Å². The first-order chi connectivity index (χ1) is 15.7. The molecule has 1 N–H and O–H groups in total. The van der Waals surface area contributed by atoms with Gasteiger partial charge in [0.05, 0.1) is 17.8 Å². The van der Waals surface area contributed by atoms with Crippen LogP contribution in [0.5, 0.6) is 0 Å². The van der Waals surface area contributed by atoms with E-state index in [1.807, 2.05) is 50.5 Å². The van der Waals surface area contributed by atoms with Crippen molar-refractivity contribution in [2.75, 3.05) is 0 Å². The molecule has 2 aromatic carbocycles. The molecule has 0 atom stereocenters. The summed E-state index contributed by atoms with van der Waals surface area (Å²) in [6, 6.07) is 12.7. The van der Waals surface area contributed by atoms with Crippen molar-refractivity contribution in [3.05, 3.63) is 95.0 Å². The highest BCUT2D eigenvalue weighted by Gasteiger charge is 2.33. The first kappa shape index (κ1) is 23.1. The van der Waals surface area contributed by atoms with Crippen molar-refractivity contribution in [1.82, 2.24) is 19.7 Å². The smallest absolute Gasteiger partial charge is 0.290 e. The van der Waals surface area contributed by atoms with Gasteiger partial charge in [-0.2, -0.15) is 9.78 Å². The number of H-pyrrole nitrogens is 1. The lowest BCUT2D eigenvalue weighted by Gasteiger charge is -2.26. The van der Waals surface area contributed by atoms with Gasteiger partial charge in [-0.05, 0) is 26.0 Å². The molecule has 0 aliphatic carbocycles. The molecule has 0 saturated heterocycles. The number of halogens is 2. The van der Waals surface area contributed by atoms with Crippen LogP contribution >= 0.6 is 34.5 Å². The molecule has 4 rings (SSSR count). The molecule has 33 heavy (non-hydrogen) atoms. The zero-order valence-electron chi connectivity index (χ0n) is 17.6. The number of aromatic amines is 1. The topological polar surface area (TPSA) is 97.7 Å². The molecule has 0 fully saturated rings. The normalized spacial score (nSPS) is 11.5. The predicted molar refractivity (Wildman–Crippen MR) is 130 cm³/mol. The van der Waals surface area contributed by atoms with Crippen LogP contribution in [0.15, 0.2) is 58.3 Å². The minimum Gasteiger partial charge on any atom is -0.290 e. The molecule has 0 amide bonds. The van der Waals surface area contributed by atoms with Crippen LogP contribution in [0.25, 0.3) is 16.9 Å². The number of nitrogens with zero attached hydrogens (tertiary/aromatic N) is 3. The fourth-order valence-corrected chi connectivity index (χ4v) is 5.62. The van der Waals surface area contributed by atoms with E-state index in [1.54, 1.807) is 12.1 Å². The molecule has 0 saturated carbocycles. The first-order valence-electron chi connectivity index (χ1n) is 9.81. The predicted octanol–water partition coefficient (Wildman–Crippen LogP) is 4.33. The molecule has 2 heterocycles. The van der Waals surface area contributed by atoms with Gasteiger partial charge in [0.15, 0.2) is 0 Å². The van der Waals surface area contributed by atoms with Crippen molar-refractivity contribution in [3.8, 4) is 16.9 Å². The number of thiazole rings is 1. The monoisotopic (exact) mass is 499 g/mol. The fraction of sp³-hybridized carbons (Fsp3) is 0.174. The molecule has 1 radical (unpaired) electrons. The average molecular weight is 500 g/mol. The van der Waals surface area contributed by atoms with E-state index < -0.39 is 16.7 Å². The van der Waals surface area contributed by atoms with Gasteiger partial charge in [0, 0.05) is 31.5 Å². The summed E-state index contributed by atoms with van der Waals surface area (Å²) in [5.74, 6) is 0. The van der Waals surface area contributed by atoms with Crippen LogP contribution in [0.1, 0.15) is 29.3 Å². The average Bonchev–Trinajstić information content (AvgIpc) is 3.19. The summed E-state index contributed by atoms with van der Waals surface area (Å²) in [7, 11) is 0. The van der Waals surface area contributed by atoms with Crippen LogP contribution < -0.4 is 11.2 Å². The second-order valence-corrected chi connectivity index (χ2v) is 9.64. The Bertz CT molecular complexity index is 1440. The first-order valence-corrected chi connectivity index (χ1v) is 11.4. The molecule has 0 spiro atoms. The Hall–Kier alpha value is -3.07. The zero-order chi connectivity index (χ0) is 23.8. The van der Waals surface area contributed by atoms with Crippen LogP contribution in [0.4, 0.5) is 0 Å². The Kier molecular flexibility index (Phi) is 6.34. The lowest BCUT2D eigenvalue weighted by Crippen LogP contribution is -2.30. The fourth-order valence-electron chi connectivity index (χ4n) is 3.55. The SMILES string of the molecule is CC(C)(c1nc(-c2ccccc2)c(C[C]=O)s1)c1c(Cl)cc(-n2ncc(=O)[nH]c2=O)cc1Cl. The van der Waals surface area contributed by atoms with Crippen LogP contribution in [-0.2, 0) is 16.6 Å². The van der Waals surface area contributed by atoms with Crippen LogP contribution in [-0.4, -0.2) is 26.0 Å². The molecule has 167 valence electrons. The van der Waals surface area contributed by atoms with Gasteiger partial charge in [0.1, 0.15) is 11.2 Å². The number of hydrogen-bond acceptors (Lipinski definition) is 6. The molecule has 0 unspecified atom stereocenters. The molecular weight excluding hydrogens is 483 g/mol. The van der Waals surface area contributed by atoms with Crippen molar-refractivity contribution in [2.24, 2.45) is 0 Å². The summed E-state index contributed by atoms with van der Waals surface area (Å²) in [5, 5.41) is 5.19. The van der Waals surface area contributed by atoms with E-state index in [-0.39, 0.29) is 6.42 Å². The van der Waals surface area contributed by atoms with E-state index in [4.69, 9.17) is 28.2 Å². The van der Waals surface area contributed by atoms with Gasteiger partial charge in [-0.25, -0.2) is 9.78 Å². The molecule has 10 heteroatoms. The van der Waals surface area contributed by atoms with Gasteiger partial charge < -0.3 is 0 Å². The van der Waals surface area contributed by atoms with Gasteiger partial charge in [-0.15, -0.1) is 11.3 Å². The van der Waals surface area contributed by atoms with Crippen molar-refractivity contribution in [2.45, 2.75) is 25.7 Å².